The van der Waals surface area contributed by atoms with Gasteiger partial charge in [-0.05, 0) is 42.0 Å². The molecule has 2 heterocycles. The lowest BCUT2D eigenvalue weighted by Gasteiger charge is -2.11. The summed E-state index contributed by atoms with van der Waals surface area (Å²) in [5, 5.41) is 0. The van der Waals surface area contributed by atoms with Gasteiger partial charge in [0, 0.05) is 6.20 Å². The van der Waals surface area contributed by atoms with Gasteiger partial charge >= 0.3 is 0 Å². The number of pyridine rings is 1. The zero-order valence-electron chi connectivity index (χ0n) is 15.5. The van der Waals surface area contributed by atoms with E-state index in [1.54, 1.807) is 36.5 Å². The highest BCUT2D eigenvalue weighted by Crippen LogP contribution is 2.26. The number of aromatic nitrogens is 2. The van der Waals surface area contributed by atoms with Crippen molar-refractivity contribution in [2.75, 3.05) is 0 Å². The van der Waals surface area contributed by atoms with Crippen LogP contribution >= 0.6 is 0 Å². The van der Waals surface area contributed by atoms with Crippen molar-refractivity contribution in [3.63, 3.8) is 0 Å². The predicted octanol–water partition coefficient (Wildman–Crippen LogP) is 4.63. The molecule has 0 saturated carbocycles. The fourth-order valence-corrected chi connectivity index (χ4v) is 2.68. The summed E-state index contributed by atoms with van der Waals surface area (Å²) in [4.78, 5) is 19.9. The molecule has 0 spiro atoms. The quantitative estimate of drug-likeness (QED) is 0.411. The number of rotatable bonds is 8. The molecular formula is C23H18N2O4. The van der Waals surface area contributed by atoms with E-state index in [-0.39, 0.29) is 5.89 Å². The van der Waals surface area contributed by atoms with E-state index in [2.05, 4.69) is 9.97 Å². The monoisotopic (exact) mass is 386 g/mol. The molecule has 0 amide bonds. The number of oxazole rings is 1. The number of nitrogens with zero attached hydrogens (tertiary/aromatic N) is 2. The van der Waals surface area contributed by atoms with E-state index < -0.39 is 6.10 Å². The van der Waals surface area contributed by atoms with Crippen molar-refractivity contribution in [1.82, 2.24) is 9.97 Å². The largest absolute Gasteiger partial charge is 0.489 e. The Hall–Kier alpha value is -3.93. The third-order valence-corrected chi connectivity index (χ3v) is 4.14. The van der Waals surface area contributed by atoms with Gasteiger partial charge in [-0.25, -0.2) is 4.98 Å². The first-order chi connectivity index (χ1) is 14.3. The highest BCUT2D eigenvalue weighted by Gasteiger charge is 2.19. The molecule has 6 nitrogen and oxygen atoms in total. The van der Waals surface area contributed by atoms with Gasteiger partial charge in [0.25, 0.3) is 0 Å². The van der Waals surface area contributed by atoms with E-state index in [1.807, 2.05) is 42.5 Å². The van der Waals surface area contributed by atoms with Crippen molar-refractivity contribution < 1.29 is 18.7 Å². The molecule has 0 bridgehead atoms. The Morgan fingerprint density at radius 1 is 0.897 bits per heavy atom. The van der Waals surface area contributed by atoms with Crippen LogP contribution < -0.4 is 9.47 Å². The SMILES string of the molecule is O=CC(Oc1ccc(OCc2ccccc2)cc1)c1ncc(-c2ccccn2)o1. The summed E-state index contributed by atoms with van der Waals surface area (Å²) >= 11 is 0. The smallest absolute Gasteiger partial charge is 0.243 e. The molecule has 0 fully saturated rings. The van der Waals surface area contributed by atoms with Gasteiger partial charge in [-0.3, -0.25) is 9.78 Å². The summed E-state index contributed by atoms with van der Waals surface area (Å²) in [5.74, 6) is 1.86. The van der Waals surface area contributed by atoms with E-state index in [0.717, 1.165) is 5.56 Å². The third-order valence-electron chi connectivity index (χ3n) is 4.14. The first kappa shape index (κ1) is 18.4. The Balaban J connectivity index is 1.40. The predicted molar refractivity (Wildman–Crippen MR) is 106 cm³/mol. The fourth-order valence-electron chi connectivity index (χ4n) is 2.68. The minimum atomic E-state index is -0.955. The summed E-state index contributed by atoms with van der Waals surface area (Å²) < 4.78 is 17.1. The van der Waals surface area contributed by atoms with E-state index >= 15 is 0 Å². The first-order valence-corrected chi connectivity index (χ1v) is 9.08. The Kier molecular flexibility index (Phi) is 5.62. The number of aldehydes is 1. The van der Waals surface area contributed by atoms with Crippen LogP contribution in [0.3, 0.4) is 0 Å². The third kappa shape index (κ3) is 4.68. The van der Waals surface area contributed by atoms with E-state index in [4.69, 9.17) is 13.9 Å². The maximum Gasteiger partial charge on any atom is 0.243 e. The molecule has 2 aromatic heterocycles. The molecule has 0 N–H and O–H groups in total. The van der Waals surface area contributed by atoms with Gasteiger partial charge in [0.2, 0.25) is 12.0 Å². The summed E-state index contributed by atoms with van der Waals surface area (Å²) in [6, 6.07) is 22.4. The van der Waals surface area contributed by atoms with Crippen molar-refractivity contribution in [2.24, 2.45) is 0 Å². The maximum atomic E-state index is 11.5. The molecule has 29 heavy (non-hydrogen) atoms. The Labute approximate surface area is 167 Å². The number of ether oxygens (including phenoxy) is 2. The van der Waals surface area contributed by atoms with Gasteiger partial charge in [0.15, 0.2) is 12.0 Å². The fraction of sp³-hybridized carbons (Fsp3) is 0.0870. The van der Waals surface area contributed by atoms with Crippen molar-refractivity contribution in [3.8, 4) is 23.0 Å². The van der Waals surface area contributed by atoms with Crippen LogP contribution in [0.25, 0.3) is 11.5 Å². The lowest BCUT2D eigenvalue weighted by atomic mass is 10.2. The van der Waals surface area contributed by atoms with E-state index in [1.165, 1.54) is 6.20 Å². The van der Waals surface area contributed by atoms with Gasteiger partial charge in [0.05, 0.1) is 6.20 Å². The van der Waals surface area contributed by atoms with Crippen LogP contribution in [0.4, 0.5) is 0 Å². The Morgan fingerprint density at radius 2 is 1.66 bits per heavy atom. The molecule has 0 aliphatic rings. The highest BCUT2D eigenvalue weighted by atomic mass is 16.5. The molecule has 1 atom stereocenters. The highest BCUT2D eigenvalue weighted by molar-refractivity contribution is 5.59. The molecule has 144 valence electrons. The number of benzene rings is 2. The number of hydrogen-bond acceptors (Lipinski definition) is 6. The van der Waals surface area contributed by atoms with Crippen LogP contribution in [0.1, 0.15) is 17.6 Å². The van der Waals surface area contributed by atoms with Crippen LogP contribution in [0, 0.1) is 0 Å². The minimum absolute atomic E-state index is 0.171. The van der Waals surface area contributed by atoms with Crippen LogP contribution in [0.15, 0.2) is 89.6 Å². The average molecular weight is 386 g/mol. The molecule has 0 radical (unpaired) electrons. The standard InChI is InChI=1S/C23H18N2O4/c26-15-22(23-25-14-21(29-23)20-8-4-5-13-24-20)28-19-11-9-18(10-12-19)27-16-17-6-2-1-3-7-17/h1-15,22H,16H2. The van der Waals surface area contributed by atoms with Crippen LogP contribution in [-0.4, -0.2) is 16.3 Å². The summed E-state index contributed by atoms with van der Waals surface area (Å²) in [7, 11) is 0. The Morgan fingerprint density at radius 3 is 2.38 bits per heavy atom. The van der Waals surface area contributed by atoms with Crippen LogP contribution in [0.2, 0.25) is 0 Å². The van der Waals surface area contributed by atoms with Gasteiger partial charge < -0.3 is 13.9 Å². The Bertz CT molecular complexity index is 1050. The van der Waals surface area contributed by atoms with E-state index in [0.29, 0.717) is 35.8 Å². The molecule has 2 aromatic carbocycles. The molecular weight excluding hydrogens is 368 g/mol. The topological polar surface area (TPSA) is 74.5 Å². The summed E-state index contributed by atoms with van der Waals surface area (Å²) in [6.07, 6.45) is 2.88. The molecule has 0 aliphatic carbocycles. The molecule has 4 aromatic rings. The van der Waals surface area contributed by atoms with Gasteiger partial charge in [-0.1, -0.05) is 36.4 Å². The number of hydrogen-bond donors (Lipinski definition) is 0. The second-order valence-corrected chi connectivity index (χ2v) is 6.20. The van der Waals surface area contributed by atoms with Gasteiger partial charge in [-0.2, -0.15) is 0 Å². The zero-order chi connectivity index (χ0) is 19.9. The molecule has 4 rings (SSSR count). The first-order valence-electron chi connectivity index (χ1n) is 9.08. The van der Waals surface area contributed by atoms with E-state index in [9.17, 15) is 4.79 Å². The zero-order valence-corrected chi connectivity index (χ0v) is 15.5. The van der Waals surface area contributed by atoms with Crippen LogP contribution in [0.5, 0.6) is 11.5 Å². The number of carbonyl (C=O) groups is 1. The minimum Gasteiger partial charge on any atom is -0.489 e. The van der Waals surface area contributed by atoms with Crippen LogP contribution in [-0.2, 0) is 11.4 Å². The molecule has 1 unspecified atom stereocenters. The second kappa shape index (κ2) is 8.84. The maximum absolute atomic E-state index is 11.5. The van der Waals surface area contributed by atoms with Crippen molar-refractivity contribution in [3.05, 3.63) is 96.6 Å². The lowest BCUT2D eigenvalue weighted by Crippen LogP contribution is -2.09. The van der Waals surface area contributed by atoms with Crippen molar-refractivity contribution in [1.29, 1.82) is 0 Å². The van der Waals surface area contributed by atoms with Crippen molar-refractivity contribution >= 4 is 6.29 Å². The molecule has 0 aliphatic heterocycles. The summed E-state index contributed by atoms with van der Waals surface area (Å²) in [6.45, 7) is 0.477. The number of carbonyl (C=O) groups excluding carboxylic acids is 1. The lowest BCUT2D eigenvalue weighted by molar-refractivity contribution is -0.114. The average Bonchev–Trinajstić information content (AvgIpc) is 3.28. The summed E-state index contributed by atoms with van der Waals surface area (Å²) in [5.41, 5.74) is 1.72. The van der Waals surface area contributed by atoms with Gasteiger partial charge in [0.1, 0.15) is 23.8 Å². The van der Waals surface area contributed by atoms with Gasteiger partial charge in [-0.15, -0.1) is 0 Å². The normalized spacial score (nSPS) is 11.6. The molecule has 0 saturated heterocycles. The van der Waals surface area contributed by atoms with Crippen molar-refractivity contribution in [2.45, 2.75) is 12.7 Å². The molecule has 6 heteroatoms. The second-order valence-electron chi connectivity index (χ2n) is 6.20.